The average molecular weight is 1100 g/mol. The van der Waals surface area contributed by atoms with Crippen LogP contribution >= 0.6 is 0 Å². The van der Waals surface area contributed by atoms with Gasteiger partial charge < -0.3 is 0 Å². The molecule has 4 aliphatic rings. The van der Waals surface area contributed by atoms with Crippen LogP contribution in [0.25, 0.3) is 33.4 Å². The van der Waals surface area contributed by atoms with Gasteiger partial charge in [-0.1, -0.05) is 296 Å². The van der Waals surface area contributed by atoms with Crippen molar-refractivity contribution >= 4 is 0 Å². The molecule has 0 nitrogen and oxygen atoms in total. The standard InChI is InChI=1S/C34H36.C29H26.C21H24/c1-5-6-7-8-9-27-14-18-29(19-15-27)34(28-16-10-24(2)11-17-28)32-22-25(3)12-20-30(32)31-21-13-26(4)23-33(31)34;1-19-5-11-23(12-6-19)29(24-13-7-20(2)8-14-24)27-17-21(3)9-15-25(27)26-16-10-22(4)18-28(26)29;1-13-5-9-17-18-10-6-14(2)12-20(18)21(19(17)11-13)15(3)7-8-16(21)4/h10-23H,5-9H2,1-4H3;5-18H,1-4H3;5-6,9-12,15-16H,7-8H2,1-4H3. The van der Waals surface area contributed by atoms with E-state index in [2.05, 4.69) is 289 Å². The molecule has 0 bridgehead atoms. The lowest BCUT2D eigenvalue weighted by Gasteiger charge is -2.37. The highest BCUT2D eigenvalue weighted by atomic mass is 14.6. The van der Waals surface area contributed by atoms with Gasteiger partial charge in [-0.2, -0.15) is 0 Å². The second-order valence-electron chi connectivity index (χ2n) is 26.1. The Bertz CT molecular complexity index is 3830. The number of fused-ring (bicyclic) bond motifs is 11. The van der Waals surface area contributed by atoms with E-state index >= 15 is 0 Å². The van der Waals surface area contributed by atoms with E-state index < -0.39 is 0 Å². The predicted molar refractivity (Wildman–Crippen MR) is 358 cm³/mol. The molecule has 0 radical (unpaired) electrons. The molecule has 1 saturated carbocycles. The molecule has 1 fully saturated rings. The minimum absolute atomic E-state index is 0.253. The molecule has 0 saturated heterocycles. The Morgan fingerprint density at radius 2 is 0.536 bits per heavy atom. The topological polar surface area (TPSA) is 0 Å². The van der Waals surface area contributed by atoms with Gasteiger partial charge in [-0.25, -0.2) is 0 Å². The lowest BCUT2D eigenvalue weighted by atomic mass is 9.66. The zero-order valence-corrected chi connectivity index (χ0v) is 52.2. The summed E-state index contributed by atoms with van der Waals surface area (Å²) in [7, 11) is 0. The van der Waals surface area contributed by atoms with E-state index in [4.69, 9.17) is 0 Å². The number of unbranched alkanes of at least 4 members (excludes halogenated alkanes) is 3. The van der Waals surface area contributed by atoms with Crippen LogP contribution < -0.4 is 0 Å². The van der Waals surface area contributed by atoms with Crippen LogP contribution in [0, 0.1) is 74.1 Å². The smallest absolute Gasteiger partial charge is 0.0654 e. The van der Waals surface area contributed by atoms with E-state index in [0.717, 1.165) is 11.8 Å². The van der Waals surface area contributed by atoms with E-state index in [1.807, 2.05) is 0 Å². The average Bonchev–Trinajstić information content (AvgIpc) is 1.62. The van der Waals surface area contributed by atoms with Gasteiger partial charge in [-0.15, -0.1) is 0 Å². The summed E-state index contributed by atoms with van der Waals surface area (Å²) in [6, 6.07) is 79.1. The molecule has 422 valence electrons. The molecule has 0 heterocycles. The molecule has 2 atom stereocenters. The fourth-order valence-corrected chi connectivity index (χ4v) is 15.9. The van der Waals surface area contributed by atoms with Gasteiger partial charge in [0.1, 0.15) is 0 Å². The summed E-state index contributed by atoms with van der Waals surface area (Å²) >= 11 is 0. The maximum absolute atomic E-state index is 2.47. The lowest BCUT2D eigenvalue weighted by molar-refractivity contribution is 0.339. The van der Waals surface area contributed by atoms with Crippen LogP contribution in [0.5, 0.6) is 0 Å². The second-order valence-corrected chi connectivity index (χ2v) is 26.1. The molecule has 4 aliphatic carbocycles. The van der Waals surface area contributed by atoms with Crippen LogP contribution in [-0.4, -0.2) is 0 Å². The van der Waals surface area contributed by atoms with E-state index in [0.29, 0.717) is 0 Å². The van der Waals surface area contributed by atoms with Gasteiger partial charge in [-0.05, 0) is 194 Å². The van der Waals surface area contributed by atoms with Crippen molar-refractivity contribution in [2.24, 2.45) is 11.8 Å². The SMILES string of the molecule is CCCCCCc1ccc(C2(c3ccc(C)cc3)c3cc(C)ccc3-c3ccc(C)cc32)cc1.Cc1ccc(C2(c3ccc(C)cc3)c3cc(C)ccc3-c3ccc(C)cc32)cc1.Cc1ccc2c(c1)C1(c3cc(C)ccc3-2)C(C)CCC1C. The Hall–Kier alpha value is -7.80. The predicted octanol–water partition coefficient (Wildman–Crippen LogP) is 22.0. The minimum Gasteiger partial charge on any atom is -0.0654 e. The van der Waals surface area contributed by atoms with Crippen molar-refractivity contribution in [3.63, 3.8) is 0 Å². The first-order valence-corrected chi connectivity index (χ1v) is 31.6. The molecule has 0 amide bonds. The van der Waals surface area contributed by atoms with Crippen molar-refractivity contribution in [1.82, 2.24) is 0 Å². The van der Waals surface area contributed by atoms with E-state index in [1.54, 1.807) is 11.1 Å². The quantitative estimate of drug-likeness (QED) is 0.126. The maximum atomic E-state index is 2.47. The molecule has 1 spiro atoms. The summed E-state index contributed by atoms with van der Waals surface area (Å²) in [5.41, 5.74) is 35.6. The maximum Gasteiger partial charge on any atom is 0.0713 e. The molecule has 2 unspecified atom stereocenters. The van der Waals surface area contributed by atoms with Gasteiger partial charge in [0, 0.05) is 5.41 Å². The summed E-state index contributed by atoms with van der Waals surface area (Å²) in [4.78, 5) is 0. The number of rotatable bonds is 9. The highest BCUT2D eigenvalue weighted by Crippen LogP contribution is 2.63. The molecule has 14 rings (SSSR count). The third-order valence-electron chi connectivity index (χ3n) is 20.2. The van der Waals surface area contributed by atoms with Crippen molar-refractivity contribution in [1.29, 1.82) is 0 Å². The van der Waals surface area contributed by atoms with Crippen LogP contribution in [0.15, 0.2) is 206 Å². The zero-order valence-electron chi connectivity index (χ0n) is 52.2. The van der Waals surface area contributed by atoms with E-state index in [1.165, 1.54) is 178 Å². The van der Waals surface area contributed by atoms with Crippen LogP contribution in [0.2, 0.25) is 0 Å². The summed E-state index contributed by atoms with van der Waals surface area (Å²) in [5.74, 6) is 1.46. The monoisotopic (exact) mass is 1090 g/mol. The van der Waals surface area contributed by atoms with Crippen LogP contribution in [0.4, 0.5) is 0 Å². The van der Waals surface area contributed by atoms with Gasteiger partial charge in [0.05, 0.1) is 10.8 Å². The lowest BCUT2D eigenvalue weighted by Crippen LogP contribution is -2.34. The first-order valence-electron chi connectivity index (χ1n) is 31.6. The fraction of sp³-hybridized carbons (Fsp3) is 0.286. The largest absolute Gasteiger partial charge is 0.0713 e. The molecule has 84 heavy (non-hydrogen) atoms. The minimum atomic E-state index is -0.294. The van der Waals surface area contributed by atoms with Gasteiger partial charge in [0.15, 0.2) is 0 Å². The fourth-order valence-electron chi connectivity index (χ4n) is 15.9. The first-order chi connectivity index (χ1) is 40.6. The Morgan fingerprint density at radius 1 is 0.286 bits per heavy atom. The van der Waals surface area contributed by atoms with E-state index in [9.17, 15) is 0 Å². The van der Waals surface area contributed by atoms with Crippen molar-refractivity contribution in [3.05, 3.63) is 318 Å². The molecule has 0 aliphatic heterocycles. The summed E-state index contributed by atoms with van der Waals surface area (Å²) in [5, 5.41) is 0. The third kappa shape index (κ3) is 9.44. The summed E-state index contributed by atoms with van der Waals surface area (Å²) in [6.07, 6.45) is 9.09. The number of hydrogen-bond donors (Lipinski definition) is 0. The third-order valence-corrected chi connectivity index (χ3v) is 20.2. The Labute approximate surface area is 504 Å². The van der Waals surface area contributed by atoms with Crippen LogP contribution in [-0.2, 0) is 22.7 Å². The molecule has 10 aromatic rings. The first kappa shape index (κ1) is 56.7. The molecular weight excluding hydrogens is 1010 g/mol. The Balaban J connectivity index is 0.000000127. The number of aryl methyl sites for hydroxylation is 10. The number of benzene rings is 10. The molecule has 0 N–H and O–H groups in total. The Morgan fingerprint density at radius 3 is 0.821 bits per heavy atom. The van der Waals surface area contributed by atoms with E-state index in [-0.39, 0.29) is 16.2 Å². The number of hydrogen-bond acceptors (Lipinski definition) is 0. The molecule has 0 aromatic heterocycles. The molecular formula is C84H86. The Kier molecular flexibility index (Phi) is 15.3. The second kappa shape index (κ2) is 22.7. The van der Waals surface area contributed by atoms with Crippen molar-refractivity contribution in [2.45, 2.75) is 144 Å². The van der Waals surface area contributed by atoms with Crippen molar-refractivity contribution < 1.29 is 0 Å². The normalized spacial score (nSPS) is 16.5. The summed E-state index contributed by atoms with van der Waals surface area (Å²) < 4.78 is 0. The molecule has 10 aromatic carbocycles. The van der Waals surface area contributed by atoms with Crippen LogP contribution in [0.1, 0.15) is 171 Å². The van der Waals surface area contributed by atoms with Crippen molar-refractivity contribution in [2.75, 3.05) is 0 Å². The zero-order chi connectivity index (χ0) is 58.7. The van der Waals surface area contributed by atoms with Crippen molar-refractivity contribution in [3.8, 4) is 33.4 Å². The van der Waals surface area contributed by atoms with Gasteiger partial charge in [0.25, 0.3) is 0 Å². The highest BCUT2D eigenvalue weighted by molar-refractivity contribution is 5.89. The van der Waals surface area contributed by atoms with Crippen LogP contribution in [0.3, 0.4) is 0 Å². The summed E-state index contributed by atoms with van der Waals surface area (Å²) in [6.45, 7) is 27.0. The van der Waals surface area contributed by atoms with Gasteiger partial charge in [-0.3, -0.25) is 0 Å². The van der Waals surface area contributed by atoms with Gasteiger partial charge in [0.2, 0.25) is 0 Å². The van der Waals surface area contributed by atoms with Gasteiger partial charge >= 0.3 is 0 Å². The highest BCUT2D eigenvalue weighted by Gasteiger charge is 2.54. The molecule has 0 heteroatoms.